The number of alkyl halides is 2. The van der Waals surface area contributed by atoms with Gasteiger partial charge in [0.2, 0.25) is 0 Å². The van der Waals surface area contributed by atoms with Crippen molar-refractivity contribution in [2.45, 2.75) is 0 Å². The molecule has 0 aliphatic heterocycles. The van der Waals surface area contributed by atoms with Crippen molar-refractivity contribution in [1.29, 1.82) is 0 Å². The summed E-state index contributed by atoms with van der Waals surface area (Å²) < 4.78 is 5.82. The molecule has 0 saturated heterocycles. The van der Waals surface area contributed by atoms with Crippen LogP contribution in [0.5, 0.6) is 5.75 Å². The molecule has 0 radical (unpaired) electrons. The summed E-state index contributed by atoms with van der Waals surface area (Å²) in [5.74, 6) is 2.91. The van der Waals surface area contributed by atoms with E-state index >= 15 is 0 Å². The molecule has 0 atom stereocenters. The van der Waals surface area contributed by atoms with E-state index in [1.807, 2.05) is 48.5 Å². The summed E-state index contributed by atoms with van der Waals surface area (Å²) in [6, 6.07) is 16.0. The molecule has 25 heavy (non-hydrogen) atoms. The lowest BCUT2D eigenvalue weighted by molar-refractivity contribution is 0.224. The maximum Gasteiger partial charge on any atom is 0.138 e. The molecule has 1 N–H and O–H groups in total. The molecular weight excluding hydrogens is 357 g/mol. The number of hydrogen-bond donors (Lipinski definition) is 1. The highest BCUT2D eigenvalue weighted by molar-refractivity contribution is 6.18. The predicted molar refractivity (Wildman–Crippen MR) is 105 cm³/mol. The topological polar surface area (TPSA) is 41.1 Å². The van der Waals surface area contributed by atoms with E-state index in [4.69, 9.17) is 27.9 Å². The number of hydrogen-bond acceptors (Lipinski definition) is 3. The minimum absolute atomic E-state index is 0.600. The second-order valence-corrected chi connectivity index (χ2v) is 6.45. The summed E-state index contributed by atoms with van der Waals surface area (Å²) in [6.07, 6.45) is 0. The largest absolute Gasteiger partial charge is 0.492 e. The van der Waals surface area contributed by atoms with Gasteiger partial charge < -0.3 is 9.72 Å². The van der Waals surface area contributed by atoms with Crippen LogP contribution in [0.4, 0.5) is 0 Å². The molecule has 0 unspecified atom stereocenters. The van der Waals surface area contributed by atoms with Gasteiger partial charge in [0.05, 0.1) is 11.0 Å². The number of aromatic amines is 1. The number of para-hydroxylation sites is 2. The van der Waals surface area contributed by atoms with Crippen LogP contribution >= 0.6 is 23.2 Å². The third-order valence-electron chi connectivity index (χ3n) is 3.99. The number of rotatable bonds is 9. The van der Waals surface area contributed by atoms with Crippen LogP contribution in [-0.4, -0.2) is 52.9 Å². The molecule has 132 valence electrons. The van der Waals surface area contributed by atoms with Gasteiger partial charge in [-0.1, -0.05) is 12.1 Å². The molecule has 3 aromatic rings. The quantitative estimate of drug-likeness (QED) is 0.562. The van der Waals surface area contributed by atoms with Gasteiger partial charge in [-0.15, -0.1) is 23.2 Å². The Kier molecular flexibility index (Phi) is 6.56. The lowest BCUT2D eigenvalue weighted by Gasteiger charge is -2.19. The normalized spacial score (nSPS) is 11.3. The Hall–Kier alpha value is -1.75. The average Bonchev–Trinajstić information content (AvgIpc) is 3.07. The van der Waals surface area contributed by atoms with Crippen molar-refractivity contribution < 1.29 is 4.74 Å². The number of halogens is 2. The highest BCUT2D eigenvalue weighted by Gasteiger charge is 2.06. The molecule has 2 aromatic carbocycles. The Labute approximate surface area is 157 Å². The van der Waals surface area contributed by atoms with E-state index in [0.29, 0.717) is 18.4 Å². The van der Waals surface area contributed by atoms with Crippen molar-refractivity contribution in [2.75, 3.05) is 38.0 Å². The molecule has 1 aromatic heterocycles. The van der Waals surface area contributed by atoms with Crippen LogP contribution in [0.1, 0.15) is 0 Å². The van der Waals surface area contributed by atoms with Crippen LogP contribution < -0.4 is 4.74 Å². The van der Waals surface area contributed by atoms with E-state index in [9.17, 15) is 0 Å². The van der Waals surface area contributed by atoms with Crippen LogP contribution in [0.3, 0.4) is 0 Å². The Morgan fingerprint density at radius 1 is 0.920 bits per heavy atom. The summed E-state index contributed by atoms with van der Waals surface area (Å²) in [4.78, 5) is 10.1. The lowest BCUT2D eigenvalue weighted by atomic mass is 10.2. The molecule has 3 rings (SSSR count). The SMILES string of the molecule is ClCCN(CCCl)CCOc1ccc(-c2nc3ccccc3[nH]2)cc1. The van der Waals surface area contributed by atoms with Gasteiger partial charge in [-0.05, 0) is 36.4 Å². The van der Waals surface area contributed by atoms with E-state index in [1.54, 1.807) is 0 Å². The van der Waals surface area contributed by atoms with Crippen LogP contribution in [0.2, 0.25) is 0 Å². The smallest absolute Gasteiger partial charge is 0.138 e. The second kappa shape index (κ2) is 9.09. The fourth-order valence-electron chi connectivity index (χ4n) is 2.67. The summed E-state index contributed by atoms with van der Waals surface area (Å²) in [5.41, 5.74) is 3.04. The predicted octanol–water partition coefficient (Wildman–Crippen LogP) is 4.39. The van der Waals surface area contributed by atoms with Gasteiger partial charge in [0.1, 0.15) is 18.2 Å². The first-order valence-electron chi connectivity index (χ1n) is 8.32. The Bertz CT molecular complexity index is 750. The van der Waals surface area contributed by atoms with E-state index in [-0.39, 0.29) is 0 Å². The fraction of sp³-hybridized carbons (Fsp3) is 0.316. The van der Waals surface area contributed by atoms with Gasteiger partial charge in [0.15, 0.2) is 0 Å². The first kappa shape index (κ1) is 18.1. The van der Waals surface area contributed by atoms with Crippen molar-refractivity contribution >= 4 is 34.2 Å². The van der Waals surface area contributed by atoms with Gasteiger partial charge in [-0.3, -0.25) is 4.90 Å². The molecule has 0 saturated carbocycles. The Morgan fingerprint density at radius 3 is 2.32 bits per heavy atom. The van der Waals surface area contributed by atoms with Gasteiger partial charge in [-0.2, -0.15) is 0 Å². The second-order valence-electron chi connectivity index (χ2n) is 5.70. The minimum Gasteiger partial charge on any atom is -0.492 e. The van der Waals surface area contributed by atoms with E-state index in [0.717, 1.165) is 47.8 Å². The number of imidazole rings is 1. The van der Waals surface area contributed by atoms with Crippen molar-refractivity contribution in [3.8, 4) is 17.1 Å². The van der Waals surface area contributed by atoms with Crippen LogP contribution in [0.15, 0.2) is 48.5 Å². The summed E-state index contributed by atoms with van der Waals surface area (Å²) in [7, 11) is 0. The molecule has 0 bridgehead atoms. The molecule has 0 aliphatic rings. The third kappa shape index (κ3) is 4.88. The molecule has 0 amide bonds. The minimum atomic E-state index is 0.600. The van der Waals surface area contributed by atoms with Crippen molar-refractivity contribution in [1.82, 2.24) is 14.9 Å². The molecule has 4 nitrogen and oxygen atoms in total. The van der Waals surface area contributed by atoms with Crippen LogP contribution in [0, 0.1) is 0 Å². The average molecular weight is 378 g/mol. The number of nitrogens with one attached hydrogen (secondary N) is 1. The van der Waals surface area contributed by atoms with E-state index in [2.05, 4.69) is 14.9 Å². The fourth-order valence-corrected chi connectivity index (χ4v) is 3.14. The highest BCUT2D eigenvalue weighted by Crippen LogP contribution is 2.22. The molecular formula is C19H21Cl2N3O. The summed E-state index contributed by atoms with van der Waals surface area (Å²) in [5, 5.41) is 0. The summed E-state index contributed by atoms with van der Waals surface area (Å²) in [6.45, 7) is 3.06. The number of H-pyrrole nitrogens is 1. The zero-order chi connectivity index (χ0) is 17.5. The van der Waals surface area contributed by atoms with Crippen molar-refractivity contribution in [2.24, 2.45) is 0 Å². The van der Waals surface area contributed by atoms with Crippen LogP contribution in [-0.2, 0) is 0 Å². The van der Waals surface area contributed by atoms with Gasteiger partial charge >= 0.3 is 0 Å². The standard InChI is InChI=1S/C19H21Cl2N3O/c20-9-11-24(12-10-21)13-14-25-16-7-5-15(6-8-16)19-22-17-3-1-2-4-18(17)23-19/h1-8H,9-14H2,(H,22,23). The highest BCUT2D eigenvalue weighted by atomic mass is 35.5. The Balaban J connectivity index is 1.58. The van der Waals surface area contributed by atoms with Crippen molar-refractivity contribution in [3.05, 3.63) is 48.5 Å². The van der Waals surface area contributed by atoms with Gasteiger partial charge in [-0.25, -0.2) is 4.98 Å². The van der Waals surface area contributed by atoms with Gasteiger partial charge in [0, 0.05) is 37.0 Å². The number of aromatic nitrogens is 2. The van der Waals surface area contributed by atoms with Crippen molar-refractivity contribution in [3.63, 3.8) is 0 Å². The molecule has 0 aliphatic carbocycles. The summed E-state index contributed by atoms with van der Waals surface area (Å²) >= 11 is 11.6. The molecule has 0 fully saturated rings. The number of benzene rings is 2. The van der Waals surface area contributed by atoms with Gasteiger partial charge in [0.25, 0.3) is 0 Å². The number of ether oxygens (including phenoxy) is 1. The third-order valence-corrected chi connectivity index (χ3v) is 4.33. The lowest BCUT2D eigenvalue weighted by Crippen LogP contribution is -2.32. The van der Waals surface area contributed by atoms with Crippen LogP contribution in [0.25, 0.3) is 22.4 Å². The number of fused-ring (bicyclic) bond motifs is 1. The monoisotopic (exact) mass is 377 g/mol. The molecule has 6 heteroatoms. The maximum absolute atomic E-state index is 5.82. The molecule has 0 spiro atoms. The first-order valence-corrected chi connectivity index (χ1v) is 9.39. The van der Waals surface area contributed by atoms with E-state index in [1.165, 1.54) is 0 Å². The zero-order valence-electron chi connectivity index (χ0n) is 13.9. The first-order chi connectivity index (χ1) is 12.3. The molecule has 1 heterocycles. The van der Waals surface area contributed by atoms with E-state index < -0.39 is 0 Å². The Morgan fingerprint density at radius 2 is 1.64 bits per heavy atom. The zero-order valence-corrected chi connectivity index (χ0v) is 15.4. The number of nitrogens with zero attached hydrogens (tertiary/aromatic N) is 2. The maximum atomic E-state index is 5.82.